The van der Waals surface area contributed by atoms with Crippen molar-refractivity contribution in [3.63, 3.8) is 0 Å². The van der Waals surface area contributed by atoms with Gasteiger partial charge in [-0.2, -0.15) is 0 Å². The van der Waals surface area contributed by atoms with Crippen LogP contribution in [0.15, 0.2) is 0 Å². The molecule has 1 fully saturated rings. The fraction of sp³-hybridized carbons (Fsp3) is 1.00. The van der Waals surface area contributed by atoms with Crippen LogP contribution >= 0.6 is 0 Å². The molecule has 0 radical (unpaired) electrons. The van der Waals surface area contributed by atoms with Crippen molar-refractivity contribution in [1.82, 2.24) is 10.2 Å². The highest BCUT2D eigenvalue weighted by molar-refractivity contribution is 4.79. The number of piperidine rings is 1. The second-order valence-corrected chi connectivity index (χ2v) is 5.36. The van der Waals surface area contributed by atoms with Crippen LogP contribution < -0.4 is 5.32 Å². The Balaban J connectivity index is 2.31. The van der Waals surface area contributed by atoms with Crippen molar-refractivity contribution in [2.45, 2.75) is 58.9 Å². The summed E-state index contributed by atoms with van der Waals surface area (Å²) in [5.74, 6) is 0.853. The summed E-state index contributed by atoms with van der Waals surface area (Å²) >= 11 is 0. The standard InChI is InChI=1S/C14H30N2/c1-4-9-15-11-14-8-6-7-10-16(14)12-13(3)5-2/h13-15H,4-12H2,1-3H3. The van der Waals surface area contributed by atoms with Crippen molar-refractivity contribution in [1.29, 1.82) is 0 Å². The van der Waals surface area contributed by atoms with E-state index < -0.39 is 0 Å². The van der Waals surface area contributed by atoms with Gasteiger partial charge in [-0.25, -0.2) is 0 Å². The Morgan fingerprint density at radius 3 is 2.81 bits per heavy atom. The zero-order valence-electron chi connectivity index (χ0n) is 11.5. The zero-order valence-corrected chi connectivity index (χ0v) is 11.5. The number of nitrogens with one attached hydrogen (secondary N) is 1. The number of rotatable bonds is 7. The molecule has 0 aliphatic carbocycles. The van der Waals surface area contributed by atoms with Crippen LogP contribution in [0.2, 0.25) is 0 Å². The first kappa shape index (κ1) is 14.0. The van der Waals surface area contributed by atoms with Crippen molar-refractivity contribution in [3.05, 3.63) is 0 Å². The van der Waals surface area contributed by atoms with E-state index >= 15 is 0 Å². The predicted molar refractivity (Wildman–Crippen MR) is 71.8 cm³/mol. The third kappa shape index (κ3) is 4.84. The van der Waals surface area contributed by atoms with E-state index in [0.29, 0.717) is 0 Å². The lowest BCUT2D eigenvalue weighted by Crippen LogP contribution is -2.47. The van der Waals surface area contributed by atoms with Crippen molar-refractivity contribution in [3.8, 4) is 0 Å². The van der Waals surface area contributed by atoms with Crippen molar-refractivity contribution in [2.24, 2.45) is 5.92 Å². The van der Waals surface area contributed by atoms with Crippen LogP contribution in [0.1, 0.15) is 52.9 Å². The van der Waals surface area contributed by atoms with E-state index in [1.54, 1.807) is 0 Å². The van der Waals surface area contributed by atoms with E-state index in [9.17, 15) is 0 Å². The second-order valence-electron chi connectivity index (χ2n) is 5.36. The first-order chi connectivity index (χ1) is 7.77. The molecule has 0 aromatic heterocycles. The van der Waals surface area contributed by atoms with Gasteiger partial charge in [0.05, 0.1) is 0 Å². The third-order valence-corrected chi connectivity index (χ3v) is 3.80. The van der Waals surface area contributed by atoms with Gasteiger partial charge in [-0.3, -0.25) is 4.90 Å². The molecular weight excluding hydrogens is 196 g/mol. The van der Waals surface area contributed by atoms with Gasteiger partial charge in [0.15, 0.2) is 0 Å². The Labute approximate surface area is 102 Å². The zero-order chi connectivity index (χ0) is 11.8. The predicted octanol–water partition coefficient (Wildman–Crippen LogP) is 2.89. The molecule has 1 aliphatic rings. The topological polar surface area (TPSA) is 15.3 Å². The first-order valence-electron chi connectivity index (χ1n) is 7.22. The fourth-order valence-corrected chi connectivity index (χ4v) is 2.51. The lowest BCUT2D eigenvalue weighted by Gasteiger charge is -2.37. The third-order valence-electron chi connectivity index (χ3n) is 3.80. The van der Waals surface area contributed by atoms with Gasteiger partial charge >= 0.3 is 0 Å². The van der Waals surface area contributed by atoms with Gasteiger partial charge < -0.3 is 5.32 Å². The van der Waals surface area contributed by atoms with Crippen LogP contribution in [0.5, 0.6) is 0 Å². The van der Waals surface area contributed by atoms with E-state index in [-0.39, 0.29) is 0 Å². The molecular formula is C14H30N2. The van der Waals surface area contributed by atoms with Crippen LogP contribution in [0.25, 0.3) is 0 Å². The summed E-state index contributed by atoms with van der Waals surface area (Å²) in [5.41, 5.74) is 0. The smallest absolute Gasteiger partial charge is 0.0220 e. The first-order valence-corrected chi connectivity index (χ1v) is 7.22. The van der Waals surface area contributed by atoms with E-state index in [0.717, 1.165) is 12.0 Å². The molecule has 0 bridgehead atoms. The van der Waals surface area contributed by atoms with Gasteiger partial charge in [0.25, 0.3) is 0 Å². The maximum atomic E-state index is 3.58. The van der Waals surface area contributed by atoms with E-state index in [1.807, 2.05) is 0 Å². The van der Waals surface area contributed by atoms with Crippen LogP contribution in [0.4, 0.5) is 0 Å². The summed E-state index contributed by atoms with van der Waals surface area (Å²) in [5, 5.41) is 3.58. The van der Waals surface area contributed by atoms with E-state index in [2.05, 4.69) is 31.0 Å². The van der Waals surface area contributed by atoms with Crippen molar-refractivity contribution >= 4 is 0 Å². The minimum Gasteiger partial charge on any atom is -0.315 e. The van der Waals surface area contributed by atoms with Gasteiger partial charge in [0.1, 0.15) is 0 Å². The lowest BCUT2D eigenvalue weighted by molar-refractivity contribution is 0.125. The van der Waals surface area contributed by atoms with E-state index in [4.69, 9.17) is 0 Å². The largest absolute Gasteiger partial charge is 0.315 e. The van der Waals surface area contributed by atoms with E-state index in [1.165, 1.54) is 58.3 Å². The molecule has 0 saturated carbocycles. The Kier molecular flexibility index (Phi) is 7.06. The summed E-state index contributed by atoms with van der Waals surface area (Å²) < 4.78 is 0. The van der Waals surface area contributed by atoms with Gasteiger partial charge in [-0.1, -0.05) is 33.6 Å². The molecule has 2 heteroatoms. The highest BCUT2D eigenvalue weighted by Crippen LogP contribution is 2.18. The van der Waals surface area contributed by atoms with Gasteiger partial charge in [0, 0.05) is 19.1 Å². The molecule has 2 nitrogen and oxygen atoms in total. The molecule has 2 atom stereocenters. The average Bonchev–Trinajstić information content (AvgIpc) is 2.31. The summed E-state index contributed by atoms with van der Waals surface area (Å²) in [6, 6.07) is 0.800. The highest BCUT2D eigenvalue weighted by Gasteiger charge is 2.22. The second kappa shape index (κ2) is 8.08. The molecule has 1 N–H and O–H groups in total. The molecule has 0 aromatic rings. The molecule has 2 unspecified atom stereocenters. The quantitative estimate of drug-likeness (QED) is 0.672. The van der Waals surface area contributed by atoms with Crippen LogP contribution in [-0.2, 0) is 0 Å². The normalized spacial score (nSPS) is 24.6. The molecule has 1 saturated heterocycles. The Morgan fingerprint density at radius 1 is 1.31 bits per heavy atom. The Bertz CT molecular complexity index is 170. The minimum absolute atomic E-state index is 0.800. The maximum absolute atomic E-state index is 3.58. The minimum atomic E-state index is 0.800. The monoisotopic (exact) mass is 226 g/mol. The highest BCUT2D eigenvalue weighted by atomic mass is 15.2. The number of hydrogen-bond donors (Lipinski definition) is 1. The summed E-state index contributed by atoms with van der Waals surface area (Å²) in [6.07, 6.45) is 6.78. The molecule has 1 heterocycles. The average molecular weight is 226 g/mol. The summed E-state index contributed by atoms with van der Waals surface area (Å²) in [4.78, 5) is 2.72. The molecule has 0 spiro atoms. The molecule has 96 valence electrons. The summed E-state index contributed by atoms with van der Waals surface area (Å²) in [6.45, 7) is 11.9. The van der Waals surface area contributed by atoms with Crippen LogP contribution in [0.3, 0.4) is 0 Å². The molecule has 0 aromatic carbocycles. The molecule has 16 heavy (non-hydrogen) atoms. The molecule has 0 amide bonds. The lowest BCUT2D eigenvalue weighted by atomic mass is 9.99. The fourth-order valence-electron chi connectivity index (χ4n) is 2.51. The number of nitrogens with zero attached hydrogens (tertiary/aromatic N) is 1. The van der Waals surface area contributed by atoms with Gasteiger partial charge in [-0.15, -0.1) is 0 Å². The maximum Gasteiger partial charge on any atom is 0.0220 e. The SMILES string of the molecule is CCCNCC1CCCCN1CC(C)CC. The van der Waals surface area contributed by atoms with Crippen molar-refractivity contribution < 1.29 is 0 Å². The van der Waals surface area contributed by atoms with Gasteiger partial charge in [-0.05, 0) is 38.3 Å². The van der Waals surface area contributed by atoms with Gasteiger partial charge in [0.2, 0.25) is 0 Å². The molecule has 1 rings (SSSR count). The Morgan fingerprint density at radius 2 is 2.12 bits per heavy atom. The number of hydrogen-bond acceptors (Lipinski definition) is 2. The van der Waals surface area contributed by atoms with Crippen LogP contribution in [0, 0.1) is 5.92 Å². The van der Waals surface area contributed by atoms with Crippen LogP contribution in [-0.4, -0.2) is 37.1 Å². The van der Waals surface area contributed by atoms with Crippen molar-refractivity contribution in [2.75, 3.05) is 26.2 Å². The summed E-state index contributed by atoms with van der Waals surface area (Å²) in [7, 11) is 0. The number of likely N-dealkylation sites (tertiary alicyclic amines) is 1. The molecule has 1 aliphatic heterocycles. The Hall–Kier alpha value is -0.0800.